The third kappa shape index (κ3) is 5.32. The van der Waals surface area contributed by atoms with Crippen molar-refractivity contribution in [3.63, 3.8) is 0 Å². The van der Waals surface area contributed by atoms with Crippen LogP contribution in [0.3, 0.4) is 0 Å². The molecule has 0 radical (unpaired) electrons. The predicted octanol–water partition coefficient (Wildman–Crippen LogP) is 3.18. The number of hydrogen-bond donors (Lipinski definition) is 0. The summed E-state index contributed by atoms with van der Waals surface area (Å²) in [5, 5.41) is 0. The van der Waals surface area contributed by atoms with Gasteiger partial charge in [0.25, 0.3) is 5.91 Å². The van der Waals surface area contributed by atoms with E-state index in [0.29, 0.717) is 18.5 Å². The number of morpholine rings is 1. The molecule has 2 amide bonds. The quantitative estimate of drug-likeness (QED) is 0.689. The Labute approximate surface area is 184 Å². The predicted molar refractivity (Wildman–Crippen MR) is 121 cm³/mol. The van der Waals surface area contributed by atoms with Crippen molar-refractivity contribution in [3.05, 3.63) is 65.7 Å². The van der Waals surface area contributed by atoms with Crippen molar-refractivity contribution in [2.75, 3.05) is 44.3 Å². The Bertz CT molecular complexity index is 896. The summed E-state index contributed by atoms with van der Waals surface area (Å²) in [6.45, 7) is 7.47. The van der Waals surface area contributed by atoms with Crippen molar-refractivity contribution in [2.24, 2.45) is 0 Å². The van der Waals surface area contributed by atoms with Crippen molar-refractivity contribution < 1.29 is 14.3 Å². The number of carbonyl (C=O) groups is 2. The van der Waals surface area contributed by atoms with Gasteiger partial charge < -0.3 is 14.5 Å². The molecule has 0 spiro atoms. The van der Waals surface area contributed by atoms with Gasteiger partial charge in [0.1, 0.15) is 0 Å². The number of carbonyl (C=O) groups excluding carboxylic acids is 2. The summed E-state index contributed by atoms with van der Waals surface area (Å²) in [6.07, 6.45) is 1.45. The Balaban J connectivity index is 1.56. The zero-order valence-electron chi connectivity index (χ0n) is 18.2. The Morgan fingerprint density at radius 3 is 2.55 bits per heavy atom. The highest BCUT2D eigenvalue weighted by atomic mass is 16.5. The van der Waals surface area contributed by atoms with Crippen molar-refractivity contribution in [2.45, 2.75) is 32.4 Å². The molecule has 6 nitrogen and oxygen atoms in total. The molecule has 2 aliphatic rings. The Morgan fingerprint density at radius 2 is 1.84 bits per heavy atom. The number of nitrogens with zero attached hydrogens (tertiary/aromatic N) is 3. The largest absolute Gasteiger partial charge is 0.379 e. The van der Waals surface area contributed by atoms with Crippen LogP contribution in [0.2, 0.25) is 0 Å². The lowest BCUT2D eigenvalue weighted by molar-refractivity contribution is -0.117. The zero-order valence-corrected chi connectivity index (χ0v) is 18.2. The summed E-state index contributed by atoms with van der Waals surface area (Å²) in [5.41, 5.74) is 2.55. The van der Waals surface area contributed by atoms with Gasteiger partial charge in [-0.2, -0.15) is 0 Å². The van der Waals surface area contributed by atoms with Crippen molar-refractivity contribution in [1.29, 1.82) is 0 Å². The van der Waals surface area contributed by atoms with Crippen LogP contribution in [-0.4, -0.2) is 67.0 Å². The molecule has 1 atom stereocenters. The first kappa shape index (κ1) is 21.5. The standard InChI is InChI=1S/C25H31N3O3/c1-20(18-26-13-15-31-16-14-26)28(19-21-7-3-2-4-8-21)25(30)22-9-5-10-23(17-22)27-12-6-11-24(27)29/h2-5,7-10,17,20H,6,11-16,18-19H2,1H3. The maximum atomic E-state index is 13.7. The van der Waals surface area contributed by atoms with Crippen molar-refractivity contribution in [1.82, 2.24) is 9.80 Å². The van der Waals surface area contributed by atoms with Gasteiger partial charge in [0, 0.05) is 56.4 Å². The first-order valence-electron chi connectivity index (χ1n) is 11.2. The summed E-state index contributed by atoms with van der Waals surface area (Å²) in [7, 11) is 0. The highest BCUT2D eigenvalue weighted by Gasteiger charge is 2.26. The summed E-state index contributed by atoms with van der Waals surface area (Å²) in [5.74, 6) is 0.129. The molecule has 6 heteroatoms. The Morgan fingerprint density at radius 1 is 1.06 bits per heavy atom. The van der Waals surface area contributed by atoms with Gasteiger partial charge >= 0.3 is 0 Å². The zero-order chi connectivity index (χ0) is 21.6. The minimum absolute atomic E-state index is 0.00175. The van der Waals surface area contributed by atoms with Gasteiger partial charge in [-0.15, -0.1) is 0 Å². The molecular weight excluding hydrogens is 390 g/mol. The number of rotatable bonds is 7. The van der Waals surface area contributed by atoms with Crippen LogP contribution in [0, 0.1) is 0 Å². The molecule has 1 unspecified atom stereocenters. The first-order valence-corrected chi connectivity index (χ1v) is 11.2. The van der Waals surface area contributed by atoms with Gasteiger partial charge in [-0.05, 0) is 37.1 Å². The number of amides is 2. The van der Waals surface area contributed by atoms with Crippen LogP contribution in [-0.2, 0) is 16.1 Å². The topological polar surface area (TPSA) is 53.1 Å². The maximum Gasteiger partial charge on any atom is 0.254 e. The van der Waals surface area contributed by atoms with E-state index in [4.69, 9.17) is 4.74 Å². The average Bonchev–Trinajstić information content (AvgIpc) is 3.24. The van der Waals surface area contributed by atoms with Gasteiger partial charge in [0.05, 0.1) is 13.2 Å². The maximum absolute atomic E-state index is 13.7. The molecule has 2 saturated heterocycles. The van der Waals surface area contributed by atoms with Crippen molar-refractivity contribution in [3.8, 4) is 0 Å². The average molecular weight is 422 g/mol. The molecule has 4 rings (SSSR count). The minimum atomic E-state index is -0.00175. The number of anilines is 1. The van der Waals surface area contributed by atoms with E-state index < -0.39 is 0 Å². The van der Waals surface area contributed by atoms with Crippen LogP contribution < -0.4 is 4.90 Å². The molecule has 2 aliphatic heterocycles. The fraction of sp³-hybridized carbons (Fsp3) is 0.440. The molecule has 2 heterocycles. The molecule has 31 heavy (non-hydrogen) atoms. The van der Waals surface area contributed by atoms with Gasteiger partial charge in [0.2, 0.25) is 5.91 Å². The lowest BCUT2D eigenvalue weighted by atomic mass is 10.1. The van der Waals surface area contributed by atoms with Crippen LogP contribution in [0.25, 0.3) is 0 Å². The molecule has 0 aliphatic carbocycles. The minimum Gasteiger partial charge on any atom is -0.379 e. The van der Waals surface area contributed by atoms with Crippen LogP contribution in [0.1, 0.15) is 35.7 Å². The van der Waals surface area contributed by atoms with E-state index in [2.05, 4.69) is 24.0 Å². The summed E-state index contributed by atoms with van der Waals surface area (Å²) < 4.78 is 5.47. The normalized spacial score (nSPS) is 18.2. The second-order valence-corrected chi connectivity index (χ2v) is 8.38. The lowest BCUT2D eigenvalue weighted by Crippen LogP contribution is -2.48. The number of ether oxygens (including phenoxy) is 1. The van der Waals surface area contributed by atoms with E-state index in [-0.39, 0.29) is 17.9 Å². The van der Waals surface area contributed by atoms with Crippen LogP contribution in [0.5, 0.6) is 0 Å². The fourth-order valence-corrected chi connectivity index (χ4v) is 4.36. The molecule has 0 aromatic heterocycles. The Kier molecular flexibility index (Phi) is 6.99. The smallest absolute Gasteiger partial charge is 0.254 e. The van der Waals surface area contributed by atoms with E-state index >= 15 is 0 Å². The summed E-state index contributed by atoms with van der Waals surface area (Å²) in [4.78, 5) is 31.9. The third-order valence-electron chi connectivity index (χ3n) is 6.09. The van der Waals surface area contributed by atoms with E-state index in [9.17, 15) is 9.59 Å². The molecule has 2 fully saturated rings. The second kappa shape index (κ2) is 10.1. The van der Waals surface area contributed by atoms with E-state index in [1.165, 1.54) is 0 Å². The van der Waals surface area contributed by atoms with E-state index in [1.54, 1.807) is 4.90 Å². The molecular formula is C25H31N3O3. The highest BCUT2D eigenvalue weighted by Crippen LogP contribution is 2.24. The highest BCUT2D eigenvalue weighted by molar-refractivity contribution is 5.99. The Hall–Kier alpha value is -2.70. The number of hydrogen-bond acceptors (Lipinski definition) is 4. The van der Waals surface area contributed by atoms with Crippen LogP contribution in [0.15, 0.2) is 54.6 Å². The SMILES string of the molecule is CC(CN1CCOCC1)N(Cc1ccccc1)C(=O)c1cccc(N2CCCC2=O)c1. The van der Waals surface area contributed by atoms with E-state index in [0.717, 1.165) is 57.1 Å². The molecule has 2 aromatic rings. The lowest BCUT2D eigenvalue weighted by Gasteiger charge is -2.35. The molecule has 2 aromatic carbocycles. The molecule has 0 saturated carbocycles. The summed E-state index contributed by atoms with van der Waals surface area (Å²) in [6, 6.07) is 17.7. The van der Waals surface area contributed by atoms with Gasteiger partial charge in [-0.3, -0.25) is 14.5 Å². The van der Waals surface area contributed by atoms with Gasteiger partial charge in [0.15, 0.2) is 0 Å². The second-order valence-electron chi connectivity index (χ2n) is 8.38. The first-order chi connectivity index (χ1) is 15.1. The molecule has 0 N–H and O–H groups in total. The van der Waals surface area contributed by atoms with Crippen LogP contribution in [0.4, 0.5) is 5.69 Å². The monoisotopic (exact) mass is 421 g/mol. The molecule has 164 valence electrons. The van der Waals surface area contributed by atoms with Gasteiger partial charge in [-0.1, -0.05) is 36.4 Å². The number of benzene rings is 2. The molecule has 0 bridgehead atoms. The fourth-order valence-electron chi connectivity index (χ4n) is 4.36. The van der Waals surface area contributed by atoms with Crippen molar-refractivity contribution >= 4 is 17.5 Å². The van der Waals surface area contributed by atoms with Gasteiger partial charge in [-0.25, -0.2) is 0 Å². The van der Waals surface area contributed by atoms with E-state index in [1.807, 2.05) is 47.4 Å². The van der Waals surface area contributed by atoms with Crippen LogP contribution >= 0.6 is 0 Å². The summed E-state index contributed by atoms with van der Waals surface area (Å²) >= 11 is 0. The third-order valence-corrected chi connectivity index (χ3v) is 6.09.